The van der Waals surface area contributed by atoms with Crippen molar-refractivity contribution in [3.05, 3.63) is 17.0 Å². The van der Waals surface area contributed by atoms with Gasteiger partial charge in [0.1, 0.15) is 5.00 Å². The third-order valence-corrected chi connectivity index (χ3v) is 3.61. The van der Waals surface area contributed by atoms with Crippen LogP contribution in [0.2, 0.25) is 0 Å². The van der Waals surface area contributed by atoms with E-state index >= 15 is 0 Å². The van der Waals surface area contributed by atoms with Crippen LogP contribution in [0.25, 0.3) is 0 Å². The van der Waals surface area contributed by atoms with E-state index in [9.17, 15) is 9.59 Å². The maximum atomic E-state index is 12.1. The van der Waals surface area contributed by atoms with Gasteiger partial charge in [0, 0.05) is 5.92 Å². The maximum absolute atomic E-state index is 12.1. The molecule has 0 saturated heterocycles. The molecule has 0 fully saturated rings. The van der Waals surface area contributed by atoms with Gasteiger partial charge in [0.2, 0.25) is 5.91 Å². The normalized spacial score (nSPS) is 10.6. The monoisotopic (exact) mass is 269 g/mol. The minimum atomic E-state index is -1.01. The Kier molecular flexibility index (Phi) is 5.85. The van der Waals surface area contributed by atoms with Gasteiger partial charge >= 0.3 is 5.97 Å². The number of carboxylic acids is 1. The lowest BCUT2D eigenvalue weighted by Gasteiger charge is -2.14. The SMILES string of the molecule is CCCC(CCC)C(=O)Nc1sccc1C(=O)O. The molecule has 0 aliphatic heterocycles. The largest absolute Gasteiger partial charge is 0.478 e. The zero-order valence-corrected chi connectivity index (χ0v) is 11.5. The molecule has 2 N–H and O–H groups in total. The summed E-state index contributed by atoms with van der Waals surface area (Å²) in [5, 5.41) is 13.8. The number of hydrogen-bond acceptors (Lipinski definition) is 3. The zero-order chi connectivity index (χ0) is 13.5. The van der Waals surface area contributed by atoms with E-state index in [0.717, 1.165) is 25.7 Å². The third kappa shape index (κ3) is 3.84. The van der Waals surface area contributed by atoms with Crippen molar-refractivity contribution in [3.63, 3.8) is 0 Å². The van der Waals surface area contributed by atoms with Gasteiger partial charge in [0.15, 0.2) is 0 Å². The Hall–Kier alpha value is -1.36. The lowest BCUT2D eigenvalue weighted by Crippen LogP contribution is -2.23. The second-order valence-electron chi connectivity index (χ2n) is 4.23. The fourth-order valence-electron chi connectivity index (χ4n) is 1.89. The van der Waals surface area contributed by atoms with Gasteiger partial charge in [0.25, 0.3) is 0 Å². The molecule has 0 aliphatic rings. The van der Waals surface area contributed by atoms with E-state index < -0.39 is 5.97 Å². The van der Waals surface area contributed by atoms with Crippen molar-refractivity contribution < 1.29 is 14.7 Å². The lowest BCUT2D eigenvalue weighted by atomic mass is 9.97. The highest BCUT2D eigenvalue weighted by Crippen LogP contribution is 2.25. The molecule has 100 valence electrons. The van der Waals surface area contributed by atoms with E-state index in [1.165, 1.54) is 17.4 Å². The minimum Gasteiger partial charge on any atom is -0.478 e. The highest BCUT2D eigenvalue weighted by atomic mass is 32.1. The molecule has 0 spiro atoms. The van der Waals surface area contributed by atoms with Gasteiger partial charge in [0.05, 0.1) is 5.56 Å². The molecule has 1 heterocycles. The molecule has 0 atom stereocenters. The third-order valence-electron chi connectivity index (χ3n) is 2.78. The predicted octanol–water partition coefficient (Wildman–Crippen LogP) is 3.60. The molecule has 0 aliphatic carbocycles. The van der Waals surface area contributed by atoms with Crippen LogP contribution in [0.5, 0.6) is 0 Å². The summed E-state index contributed by atoms with van der Waals surface area (Å²) < 4.78 is 0. The van der Waals surface area contributed by atoms with Gasteiger partial charge in [-0.2, -0.15) is 0 Å². The second-order valence-corrected chi connectivity index (χ2v) is 5.15. The molecule has 0 unspecified atom stereocenters. The molecule has 0 bridgehead atoms. The summed E-state index contributed by atoms with van der Waals surface area (Å²) in [6.07, 6.45) is 3.59. The Morgan fingerprint density at radius 3 is 2.44 bits per heavy atom. The lowest BCUT2D eigenvalue weighted by molar-refractivity contribution is -0.120. The fourth-order valence-corrected chi connectivity index (χ4v) is 2.67. The first kappa shape index (κ1) is 14.7. The maximum Gasteiger partial charge on any atom is 0.338 e. The fraction of sp³-hybridized carbons (Fsp3) is 0.538. The summed E-state index contributed by atoms with van der Waals surface area (Å²) in [6, 6.07) is 1.51. The Morgan fingerprint density at radius 1 is 1.33 bits per heavy atom. The zero-order valence-electron chi connectivity index (χ0n) is 10.7. The van der Waals surface area contributed by atoms with Crippen molar-refractivity contribution in [3.8, 4) is 0 Å². The number of rotatable bonds is 7. The van der Waals surface area contributed by atoms with Gasteiger partial charge in [-0.25, -0.2) is 4.79 Å². The molecule has 18 heavy (non-hydrogen) atoms. The van der Waals surface area contributed by atoms with Crippen LogP contribution < -0.4 is 5.32 Å². The molecular weight excluding hydrogens is 250 g/mol. The van der Waals surface area contributed by atoms with Crippen molar-refractivity contribution in [2.45, 2.75) is 39.5 Å². The van der Waals surface area contributed by atoms with Crippen LogP contribution in [0.3, 0.4) is 0 Å². The van der Waals surface area contributed by atoms with Crippen molar-refractivity contribution in [1.82, 2.24) is 0 Å². The van der Waals surface area contributed by atoms with Crippen LogP contribution >= 0.6 is 11.3 Å². The molecule has 1 amide bonds. The Balaban J connectivity index is 2.72. The highest BCUT2D eigenvalue weighted by molar-refractivity contribution is 7.14. The quantitative estimate of drug-likeness (QED) is 0.794. The number of thiophene rings is 1. The number of carboxylic acid groups (broad SMARTS) is 1. The molecule has 1 aromatic heterocycles. The molecule has 1 rings (SSSR count). The van der Waals surface area contributed by atoms with E-state index in [1.54, 1.807) is 5.38 Å². The molecule has 4 nitrogen and oxygen atoms in total. The van der Waals surface area contributed by atoms with Gasteiger partial charge in [-0.1, -0.05) is 26.7 Å². The van der Waals surface area contributed by atoms with E-state index in [2.05, 4.69) is 5.32 Å². The van der Waals surface area contributed by atoms with Gasteiger partial charge in [-0.05, 0) is 24.3 Å². The van der Waals surface area contributed by atoms with Gasteiger partial charge in [-0.3, -0.25) is 4.79 Å². The number of aromatic carboxylic acids is 1. The number of amides is 1. The predicted molar refractivity (Wildman–Crippen MR) is 73.2 cm³/mol. The first-order valence-corrected chi connectivity index (χ1v) is 7.09. The number of nitrogens with one attached hydrogen (secondary N) is 1. The number of hydrogen-bond donors (Lipinski definition) is 2. The average Bonchev–Trinajstić information content (AvgIpc) is 2.77. The van der Waals surface area contributed by atoms with Crippen LogP contribution in [-0.2, 0) is 4.79 Å². The first-order chi connectivity index (χ1) is 8.60. The highest BCUT2D eigenvalue weighted by Gasteiger charge is 2.20. The number of carbonyl (C=O) groups excluding carboxylic acids is 1. The molecule has 1 aromatic rings. The number of carbonyl (C=O) groups is 2. The minimum absolute atomic E-state index is 0.0243. The van der Waals surface area contributed by atoms with E-state index in [0.29, 0.717) is 5.00 Å². The Morgan fingerprint density at radius 2 is 1.94 bits per heavy atom. The van der Waals surface area contributed by atoms with Crippen LogP contribution in [0, 0.1) is 5.92 Å². The van der Waals surface area contributed by atoms with Crippen molar-refractivity contribution in [1.29, 1.82) is 0 Å². The summed E-state index contributed by atoms with van der Waals surface area (Å²) >= 11 is 1.25. The topological polar surface area (TPSA) is 66.4 Å². The van der Waals surface area contributed by atoms with Crippen molar-refractivity contribution in [2.75, 3.05) is 5.32 Å². The van der Waals surface area contributed by atoms with Crippen LogP contribution in [0.15, 0.2) is 11.4 Å². The van der Waals surface area contributed by atoms with Gasteiger partial charge < -0.3 is 10.4 Å². The van der Waals surface area contributed by atoms with E-state index in [4.69, 9.17) is 5.11 Å². The summed E-state index contributed by atoms with van der Waals surface area (Å²) in [4.78, 5) is 23.0. The first-order valence-electron chi connectivity index (χ1n) is 6.21. The standard InChI is InChI=1S/C13H19NO3S/c1-3-5-9(6-4-2)11(15)14-12-10(13(16)17)7-8-18-12/h7-9H,3-6H2,1-2H3,(H,14,15)(H,16,17). The van der Waals surface area contributed by atoms with Crippen molar-refractivity contribution >= 4 is 28.2 Å². The summed E-state index contributed by atoms with van der Waals surface area (Å²) in [5.41, 5.74) is 0.167. The van der Waals surface area contributed by atoms with Crippen molar-refractivity contribution in [2.24, 2.45) is 5.92 Å². The Labute approximate surface area is 111 Å². The van der Waals surface area contributed by atoms with E-state index in [-0.39, 0.29) is 17.4 Å². The average molecular weight is 269 g/mol. The molecule has 0 saturated carbocycles. The molecular formula is C13H19NO3S. The smallest absolute Gasteiger partial charge is 0.338 e. The Bertz CT molecular complexity index is 408. The summed E-state index contributed by atoms with van der Waals surface area (Å²) in [5.74, 6) is -1.10. The second kappa shape index (κ2) is 7.16. The van der Waals surface area contributed by atoms with Crippen LogP contribution in [-0.4, -0.2) is 17.0 Å². The molecule has 0 aromatic carbocycles. The van der Waals surface area contributed by atoms with E-state index in [1.807, 2.05) is 13.8 Å². The van der Waals surface area contributed by atoms with Gasteiger partial charge in [-0.15, -0.1) is 11.3 Å². The summed E-state index contributed by atoms with van der Waals surface area (Å²) in [7, 11) is 0. The van der Waals surface area contributed by atoms with Crippen LogP contribution in [0.1, 0.15) is 49.9 Å². The molecule has 0 radical (unpaired) electrons. The molecule has 5 heteroatoms. The number of anilines is 1. The summed E-state index contributed by atoms with van der Waals surface area (Å²) in [6.45, 7) is 4.09. The van der Waals surface area contributed by atoms with Crippen LogP contribution in [0.4, 0.5) is 5.00 Å².